The molecule has 0 aromatic carbocycles. The maximum absolute atomic E-state index is 11.8. The summed E-state index contributed by atoms with van der Waals surface area (Å²) in [5.74, 6) is 1.21. The molecule has 0 radical (unpaired) electrons. The summed E-state index contributed by atoms with van der Waals surface area (Å²) in [4.78, 5) is 11.8. The third-order valence-electron chi connectivity index (χ3n) is 3.76. The molecule has 0 saturated heterocycles. The summed E-state index contributed by atoms with van der Waals surface area (Å²) in [6.07, 6.45) is 2.85. The Labute approximate surface area is 97.9 Å². The second kappa shape index (κ2) is 6.21. The van der Waals surface area contributed by atoms with Crippen LogP contribution in [0.25, 0.3) is 0 Å². The summed E-state index contributed by atoms with van der Waals surface area (Å²) < 4.78 is 4.91. The van der Waals surface area contributed by atoms with Gasteiger partial charge in [0.1, 0.15) is 0 Å². The number of amides is 1. The lowest BCUT2D eigenvalue weighted by molar-refractivity contribution is -0.123. The first-order valence-electron chi connectivity index (χ1n) is 6.11. The van der Waals surface area contributed by atoms with E-state index in [9.17, 15) is 4.79 Å². The molecule has 3 N–H and O–H groups in total. The predicted octanol–water partition coefficient (Wildman–Crippen LogP) is 0.901. The first-order chi connectivity index (χ1) is 7.56. The molecule has 0 bridgehead atoms. The fraction of sp³-hybridized carbons (Fsp3) is 0.917. The van der Waals surface area contributed by atoms with E-state index in [1.54, 1.807) is 7.11 Å². The van der Waals surface area contributed by atoms with E-state index in [1.165, 1.54) is 6.42 Å². The molecule has 1 fully saturated rings. The Kier molecular flexibility index (Phi) is 5.22. The van der Waals surface area contributed by atoms with Crippen LogP contribution < -0.4 is 11.1 Å². The van der Waals surface area contributed by atoms with Crippen LogP contribution >= 0.6 is 0 Å². The summed E-state index contributed by atoms with van der Waals surface area (Å²) in [5, 5.41) is 3.05. The van der Waals surface area contributed by atoms with Crippen LogP contribution in [0.2, 0.25) is 0 Å². The maximum Gasteiger partial charge on any atom is 0.237 e. The molecular weight excluding hydrogens is 204 g/mol. The number of hydrogen-bond acceptors (Lipinski definition) is 3. The lowest BCUT2D eigenvalue weighted by Gasteiger charge is -2.21. The zero-order valence-corrected chi connectivity index (χ0v) is 10.5. The minimum Gasteiger partial charge on any atom is -0.385 e. The van der Waals surface area contributed by atoms with Gasteiger partial charge in [0.25, 0.3) is 0 Å². The Morgan fingerprint density at radius 3 is 2.69 bits per heavy atom. The molecular formula is C12H24N2O2. The Balaban J connectivity index is 2.33. The zero-order chi connectivity index (χ0) is 12.1. The standard InChI is InChI=1S/C12H24N2O2/c1-8-4-5-11(9(8)2)14-12(15)10(13)6-7-16-3/h8-11H,4-7,13H2,1-3H3,(H,14,15). The van der Waals surface area contributed by atoms with E-state index < -0.39 is 6.04 Å². The van der Waals surface area contributed by atoms with Crippen LogP contribution in [0.1, 0.15) is 33.1 Å². The molecule has 0 spiro atoms. The SMILES string of the molecule is COCCC(N)C(=O)NC1CCC(C)C1C. The molecule has 0 aromatic rings. The van der Waals surface area contributed by atoms with Crippen LogP contribution in [0.5, 0.6) is 0 Å². The number of hydrogen-bond donors (Lipinski definition) is 2. The highest BCUT2D eigenvalue weighted by Gasteiger charge is 2.31. The molecule has 16 heavy (non-hydrogen) atoms. The molecule has 4 heteroatoms. The van der Waals surface area contributed by atoms with Crippen molar-refractivity contribution in [3.05, 3.63) is 0 Å². The number of carbonyl (C=O) groups is 1. The Morgan fingerprint density at radius 2 is 2.19 bits per heavy atom. The average molecular weight is 228 g/mol. The molecule has 0 heterocycles. The van der Waals surface area contributed by atoms with Gasteiger partial charge in [0, 0.05) is 19.8 Å². The second-order valence-electron chi connectivity index (χ2n) is 4.92. The van der Waals surface area contributed by atoms with Gasteiger partial charge in [-0.05, 0) is 31.1 Å². The van der Waals surface area contributed by atoms with E-state index in [2.05, 4.69) is 19.2 Å². The fourth-order valence-corrected chi connectivity index (χ4v) is 2.23. The van der Waals surface area contributed by atoms with Crippen molar-refractivity contribution in [2.45, 2.75) is 45.2 Å². The summed E-state index contributed by atoms with van der Waals surface area (Å²) in [6, 6.07) is -0.140. The number of nitrogens with two attached hydrogens (primary N) is 1. The van der Waals surface area contributed by atoms with Gasteiger partial charge in [0.05, 0.1) is 6.04 Å². The number of rotatable bonds is 5. The topological polar surface area (TPSA) is 64.3 Å². The van der Waals surface area contributed by atoms with Crippen LogP contribution in [0, 0.1) is 11.8 Å². The number of carbonyl (C=O) groups excluding carboxylic acids is 1. The van der Waals surface area contributed by atoms with Gasteiger partial charge in [0.2, 0.25) is 5.91 Å². The van der Waals surface area contributed by atoms with Gasteiger partial charge in [-0.3, -0.25) is 4.79 Å². The van der Waals surface area contributed by atoms with E-state index >= 15 is 0 Å². The number of ether oxygens (including phenoxy) is 1. The van der Waals surface area contributed by atoms with Crippen molar-refractivity contribution in [2.24, 2.45) is 17.6 Å². The van der Waals surface area contributed by atoms with Crippen molar-refractivity contribution in [2.75, 3.05) is 13.7 Å². The monoisotopic (exact) mass is 228 g/mol. The van der Waals surface area contributed by atoms with Crippen LogP contribution in [-0.2, 0) is 9.53 Å². The van der Waals surface area contributed by atoms with Gasteiger partial charge in [-0.15, -0.1) is 0 Å². The largest absolute Gasteiger partial charge is 0.385 e. The van der Waals surface area contributed by atoms with Crippen LogP contribution in [0.15, 0.2) is 0 Å². The lowest BCUT2D eigenvalue weighted by atomic mass is 9.97. The molecule has 0 aromatic heterocycles. The highest BCUT2D eigenvalue weighted by molar-refractivity contribution is 5.81. The van der Waals surface area contributed by atoms with Gasteiger partial charge in [0.15, 0.2) is 0 Å². The third-order valence-corrected chi connectivity index (χ3v) is 3.76. The first kappa shape index (κ1) is 13.5. The van der Waals surface area contributed by atoms with Crippen molar-refractivity contribution in [1.82, 2.24) is 5.32 Å². The average Bonchev–Trinajstić information content (AvgIpc) is 2.57. The summed E-state index contributed by atoms with van der Waals surface area (Å²) >= 11 is 0. The minimum absolute atomic E-state index is 0.0389. The summed E-state index contributed by atoms with van der Waals surface area (Å²) in [7, 11) is 1.62. The second-order valence-corrected chi connectivity index (χ2v) is 4.92. The van der Waals surface area contributed by atoms with Gasteiger partial charge in [-0.25, -0.2) is 0 Å². The van der Waals surface area contributed by atoms with Gasteiger partial charge in [-0.1, -0.05) is 13.8 Å². The molecule has 4 nitrogen and oxygen atoms in total. The minimum atomic E-state index is -0.442. The normalized spacial score (nSPS) is 31.4. The molecule has 4 unspecified atom stereocenters. The maximum atomic E-state index is 11.8. The highest BCUT2D eigenvalue weighted by atomic mass is 16.5. The number of nitrogens with one attached hydrogen (secondary N) is 1. The van der Waals surface area contributed by atoms with Crippen molar-refractivity contribution in [3.8, 4) is 0 Å². The highest BCUT2D eigenvalue weighted by Crippen LogP contribution is 2.30. The Hall–Kier alpha value is -0.610. The molecule has 0 aliphatic heterocycles. The third kappa shape index (κ3) is 3.46. The molecule has 1 saturated carbocycles. The predicted molar refractivity (Wildman–Crippen MR) is 64.0 cm³/mol. The van der Waals surface area contributed by atoms with Gasteiger partial charge < -0.3 is 15.8 Å². The van der Waals surface area contributed by atoms with Gasteiger partial charge in [-0.2, -0.15) is 0 Å². The fourth-order valence-electron chi connectivity index (χ4n) is 2.23. The zero-order valence-electron chi connectivity index (χ0n) is 10.5. The Morgan fingerprint density at radius 1 is 1.50 bits per heavy atom. The van der Waals surface area contributed by atoms with Crippen LogP contribution in [-0.4, -0.2) is 31.7 Å². The number of methoxy groups -OCH3 is 1. The molecule has 94 valence electrons. The molecule has 1 aliphatic rings. The van der Waals surface area contributed by atoms with Crippen LogP contribution in [0.4, 0.5) is 0 Å². The van der Waals surface area contributed by atoms with Gasteiger partial charge >= 0.3 is 0 Å². The van der Waals surface area contributed by atoms with Crippen molar-refractivity contribution >= 4 is 5.91 Å². The quantitative estimate of drug-likeness (QED) is 0.735. The summed E-state index contributed by atoms with van der Waals surface area (Å²) in [6.45, 7) is 4.97. The first-order valence-corrected chi connectivity index (χ1v) is 6.11. The van der Waals surface area contributed by atoms with E-state index in [-0.39, 0.29) is 5.91 Å². The van der Waals surface area contributed by atoms with E-state index in [0.717, 1.165) is 6.42 Å². The van der Waals surface area contributed by atoms with E-state index in [4.69, 9.17) is 10.5 Å². The molecule has 1 aliphatic carbocycles. The van der Waals surface area contributed by atoms with Crippen molar-refractivity contribution < 1.29 is 9.53 Å². The lowest BCUT2D eigenvalue weighted by Crippen LogP contribution is -2.47. The van der Waals surface area contributed by atoms with Crippen molar-refractivity contribution in [1.29, 1.82) is 0 Å². The van der Waals surface area contributed by atoms with Crippen molar-refractivity contribution in [3.63, 3.8) is 0 Å². The Bertz CT molecular complexity index is 233. The molecule has 1 amide bonds. The molecule has 4 atom stereocenters. The smallest absolute Gasteiger partial charge is 0.237 e. The molecule has 1 rings (SSSR count). The van der Waals surface area contributed by atoms with E-state index in [0.29, 0.717) is 30.9 Å². The van der Waals surface area contributed by atoms with E-state index in [1.807, 2.05) is 0 Å². The van der Waals surface area contributed by atoms with Crippen LogP contribution in [0.3, 0.4) is 0 Å². The summed E-state index contributed by atoms with van der Waals surface area (Å²) in [5.41, 5.74) is 5.77.